The number of carbonyl (C=O) groups excluding carboxylic acids is 2. The quantitative estimate of drug-likeness (QED) is 0.305. The van der Waals surface area contributed by atoms with Crippen LogP contribution in [0.15, 0.2) is 64.8 Å². The highest BCUT2D eigenvalue weighted by atomic mass is 35.5. The third-order valence-electron chi connectivity index (χ3n) is 8.76. The predicted octanol–water partition coefficient (Wildman–Crippen LogP) is 6.17. The molecular weight excluding hydrogens is 602 g/mol. The average molecular weight is 630 g/mol. The monoisotopic (exact) mass is 629 g/mol. The van der Waals surface area contributed by atoms with E-state index in [-0.39, 0.29) is 48.2 Å². The molecule has 1 aliphatic heterocycles. The van der Waals surface area contributed by atoms with Gasteiger partial charge in [-0.05, 0) is 66.7 Å². The Hall–Kier alpha value is -3.39. The van der Waals surface area contributed by atoms with E-state index in [1.54, 1.807) is 6.07 Å². The van der Waals surface area contributed by atoms with Crippen molar-refractivity contribution in [2.24, 2.45) is 5.92 Å². The van der Waals surface area contributed by atoms with Crippen LogP contribution in [0.5, 0.6) is 0 Å². The van der Waals surface area contributed by atoms with Crippen LogP contribution in [0.3, 0.4) is 0 Å². The van der Waals surface area contributed by atoms with Gasteiger partial charge in [-0.2, -0.15) is 5.26 Å². The van der Waals surface area contributed by atoms with Crippen LogP contribution in [0.25, 0.3) is 0 Å². The Bertz CT molecular complexity index is 1600. The van der Waals surface area contributed by atoms with Gasteiger partial charge in [-0.15, -0.1) is 11.6 Å². The second kappa shape index (κ2) is 11.0. The van der Waals surface area contributed by atoms with Gasteiger partial charge in [0, 0.05) is 42.2 Å². The molecule has 1 saturated heterocycles. The number of nitrogens with one attached hydrogen (secondary N) is 1. The maximum atomic E-state index is 14.9. The lowest BCUT2D eigenvalue weighted by atomic mass is 9.81. The van der Waals surface area contributed by atoms with Gasteiger partial charge in [0.2, 0.25) is 5.91 Å². The number of carbonyl (C=O) groups is 2. The molecule has 3 aliphatic carbocycles. The summed E-state index contributed by atoms with van der Waals surface area (Å²) >= 11 is 13.8. The van der Waals surface area contributed by atoms with E-state index < -0.39 is 53.6 Å². The van der Waals surface area contributed by atoms with Crippen molar-refractivity contribution >= 4 is 46.5 Å². The van der Waals surface area contributed by atoms with Crippen molar-refractivity contribution in [3.05, 3.63) is 76.2 Å². The molecule has 0 radical (unpaired) electrons. The number of nitrogens with zero attached hydrogens (tertiary/aromatic N) is 4. The molecule has 4 atom stereocenters. The van der Waals surface area contributed by atoms with E-state index in [1.165, 1.54) is 46.3 Å². The van der Waals surface area contributed by atoms with Crippen LogP contribution >= 0.6 is 23.2 Å². The lowest BCUT2D eigenvalue weighted by molar-refractivity contribution is -0.123. The van der Waals surface area contributed by atoms with Crippen molar-refractivity contribution in [3.8, 4) is 6.07 Å². The molecule has 1 N–H and O–H groups in total. The number of amides is 2. The van der Waals surface area contributed by atoms with E-state index in [2.05, 4.69) is 10.3 Å². The highest BCUT2D eigenvalue weighted by molar-refractivity contribution is 6.33. The van der Waals surface area contributed by atoms with Crippen LogP contribution < -0.4 is 15.1 Å². The number of anilines is 2. The Balaban J connectivity index is 1.52. The number of nitriles is 1. The summed E-state index contributed by atoms with van der Waals surface area (Å²) in [6.45, 7) is 1.88. The van der Waals surface area contributed by atoms with Crippen molar-refractivity contribution in [1.29, 1.82) is 5.26 Å². The summed E-state index contributed by atoms with van der Waals surface area (Å²) in [5.41, 5.74) is 0.306. The molecule has 7 nitrogen and oxygen atoms in total. The lowest BCUT2D eigenvalue weighted by Crippen LogP contribution is -2.69. The van der Waals surface area contributed by atoms with Crippen LogP contribution in [0, 0.1) is 23.1 Å². The Morgan fingerprint density at radius 1 is 1.23 bits per heavy atom. The third kappa shape index (κ3) is 5.11. The number of halogens is 5. The van der Waals surface area contributed by atoms with Crippen LogP contribution in [0.1, 0.15) is 51.0 Å². The first kappa shape index (κ1) is 29.7. The summed E-state index contributed by atoms with van der Waals surface area (Å²) < 4.78 is 43.1. The summed E-state index contributed by atoms with van der Waals surface area (Å²) in [4.78, 5) is 35.0. The van der Waals surface area contributed by atoms with E-state index >= 15 is 0 Å². The smallest absolute Gasteiger partial charge is 0.252 e. The first-order valence-corrected chi connectivity index (χ1v) is 14.9. The first-order chi connectivity index (χ1) is 20.4. The van der Waals surface area contributed by atoms with Gasteiger partial charge in [-0.25, -0.2) is 18.2 Å². The molecule has 2 heterocycles. The van der Waals surface area contributed by atoms with Gasteiger partial charge >= 0.3 is 0 Å². The number of hydrogen-bond donors (Lipinski definition) is 1. The molecule has 2 fully saturated rings. The number of aromatic nitrogens is 1. The lowest BCUT2D eigenvalue weighted by Gasteiger charge is -2.51. The molecule has 2 aromatic rings. The maximum absolute atomic E-state index is 14.9. The highest BCUT2D eigenvalue weighted by Crippen LogP contribution is 2.53. The largest absolute Gasteiger partial charge is 0.288 e. The molecule has 1 saturated carbocycles. The van der Waals surface area contributed by atoms with Gasteiger partial charge in [0.25, 0.3) is 11.8 Å². The Morgan fingerprint density at radius 2 is 2.00 bits per heavy atom. The first-order valence-electron chi connectivity index (χ1n) is 14.1. The van der Waals surface area contributed by atoms with Crippen LogP contribution in [-0.2, 0) is 9.59 Å². The average Bonchev–Trinajstić information content (AvgIpc) is 3.52. The van der Waals surface area contributed by atoms with E-state index in [4.69, 9.17) is 23.2 Å². The van der Waals surface area contributed by atoms with Crippen LogP contribution in [0.4, 0.5) is 24.7 Å². The zero-order chi connectivity index (χ0) is 30.7. The fourth-order valence-corrected chi connectivity index (χ4v) is 7.60. The van der Waals surface area contributed by atoms with Crippen molar-refractivity contribution in [3.63, 3.8) is 0 Å². The molecule has 6 rings (SSSR count). The minimum absolute atomic E-state index is 0.0405. The zero-order valence-electron chi connectivity index (χ0n) is 23.2. The molecular formula is C31H28Cl2F3N5O2. The Labute approximate surface area is 256 Å². The third-order valence-corrected chi connectivity index (χ3v) is 9.73. The van der Waals surface area contributed by atoms with Gasteiger partial charge < -0.3 is 0 Å². The fraction of sp³-hybridized carbons (Fsp3) is 0.419. The Morgan fingerprint density at radius 3 is 2.70 bits per heavy atom. The molecule has 1 aromatic heterocycles. The Kier molecular flexibility index (Phi) is 7.56. The standard InChI is InChI=1S/C31H28Cl2F3N5O2/c1-17-11-23(32)22-7-9-31(27(22)28(17)33,39-20-14-30(35,36)15-20)41(21-4-2-3-19(34)13-21)29(43)24-5-6-26(42)40(24)25-12-18(16-37)8-10-38-25/h2-4,8,10-13,17,20,24,28,39H,5-7,9,14-15H2,1H3/t17?,24-,28?,31-/m0/s1. The van der Waals surface area contributed by atoms with E-state index in [0.717, 1.165) is 5.57 Å². The van der Waals surface area contributed by atoms with E-state index in [9.17, 15) is 28.0 Å². The molecule has 2 unspecified atom stereocenters. The van der Waals surface area contributed by atoms with Crippen LogP contribution in [-0.4, -0.2) is 45.8 Å². The summed E-state index contributed by atoms with van der Waals surface area (Å²) in [6, 6.07) is 8.69. The van der Waals surface area contributed by atoms with Crippen LogP contribution in [0.2, 0.25) is 0 Å². The van der Waals surface area contributed by atoms with Gasteiger partial charge in [0.05, 0.1) is 17.0 Å². The predicted molar refractivity (Wildman–Crippen MR) is 156 cm³/mol. The van der Waals surface area contributed by atoms with Gasteiger partial charge in [-0.1, -0.05) is 30.7 Å². The number of rotatable bonds is 6. The molecule has 1 aromatic carbocycles. The maximum Gasteiger partial charge on any atom is 0.252 e. The number of hydrogen-bond acceptors (Lipinski definition) is 5. The second-order valence-corrected chi connectivity index (χ2v) is 12.5. The van der Waals surface area contributed by atoms with Gasteiger partial charge in [0.15, 0.2) is 0 Å². The molecule has 0 spiro atoms. The molecule has 12 heteroatoms. The molecule has 4 aliphatic rings. The van der Waals surface area contributed by atoms with E-state index in [0.29, 0.717) is 17.0 Å². The summed E-state index contributed by atoms with van der Waals surface area (Å²) in [5, 5.41) is 12.6. The summed E-state index contributed by atoms with van der Waals surface area (Å²) in [5.74, 6) is -4.49. The fourth-order valence-electron chi connectivity index (χ4n) is 6.82. The number of alkyl halides is 3. The molecule has 43 heavy (non-hydrogen) atoms. The normalized spacial score (nSPS) is 28.3. The molecule has 2 amide bonds. The molecule has 0 bridgehead atoms. The van der Waals surface area contributed by atoms with Crippen molar-refractivity contribution in [2.75, 3.05) is 9.80 Å². The summed E-state index contributed by atoms with van der Waals surface area (Å²) in [7, 11) is 0. The highest BCUT2D eigenvalue weighted by Gasteiger charge is 2.58. The number of allylic oxidation sites excluding steroid dienone is 3. The van der Waals surface area contributed by atoms with Crippen molar-refractivity contribution < 1.29 is 22.8 Å². The topological polar surface area (TPSA) is 89.3 Å². The van der Waals surface area contributed by atoms with Gasteiger partial charge in [-0.3, -0.25) is 24.7 Å². The van der Waals surface area contributed by atoms with Crippen molar-refractivity contribution in [1.82, 2.24) is 10.3 Å². The zero-order valence-corrected chi connectivity index (χ0v) is 24.7. The number of benzene rings is 1. The minimum atomic E-state index is -2.85. The minimum Gasteiger partial charge on any atom is -0.288 e. The number of pyridine rings is 1. The van der Waals surface area contributed by atoms with Gasteiger partial charge in [0.1, 0.15) is 23.3 Å². The second-order valence-electron chi connectivity index (χ2n) is 11.6. The van der Waals surface area contributed by atoms with E-state index in [1.807, 2.05) is 19.1 Å². The SMILES string of the molecule is CC1C=C(Cl)C2=C(C1Cl)[C@@](NC1CC(F)(F)C1)(N(C(=O)[C@@H]1CCC(=O)N1c1cc(C#N)ccn1)c1cccc(F)c1)CC2. The summed E-state index contributed by atoms with van der Waals surface area (Å²) in [6.07, 6.45) is 3.16. The van der Waals surface area contributed by atoms with Crippen molar-refractivity contribution in [2.45, 2.75) is 74.5 Å². The molecule has 224 valence electrons.